The molecule has 1 aromatic heterocycles. The van der Waals surface area contributed by atoms with Crippen LogP contribution < -0.4 is 9.64 Å². The first-order valence-electron chi connectivity index (χ1n) is 9.07. The largest absolute Gasteiger partial charge is 0.512 e. The van der Waals surface area contributed by atoms with E-state index in [1.54, 1.807) is 11.0 Å². The van der Waals surface area contributed by atoms with Gasteiger partial charge in [-0.1, -0.05) is 53.3 Å². The summed E-state index contributed by atoms with van der Waals surface area (Å²) in [4.78, 5) is 26.8. The van der Waals surface area contributed by atoms with Gasteiger partial charge < -0.3 is 19.5 Å². The molecule has 148 valence electrons. The van der Waals surface area contributed by atoms with Gasteiger partial charge >= 0.3 is 6.16 Å². The Labute approximate surface area is 168 Å². The maximum Gasteiger partial charge on any atom is 0.512 e. The Bertz CT molecular complexity index is 887. The fourth-order valence-electron chi connectivity index (χ4n) is 3.08. The predicted molar refractivity (Wildman–Crippen MR) is 109 cm³/mol. The van der Waals surface area contributed by atoms with Crippen molar-refractivity contribution < 1.29 is 24.2 Å². The highest BCUT2D eigenvalue weighted by molar-refractivity contribution is 7.18. The van der Waals surface area contributed by atoms with Crippen molar-refractivity contribution in [2.75, 3.05) is 11.5 Å². The molecule has 0 radical (unpaired) electrons. The van der Waals surface area contributed by atoms with E-state index in [4.69, 9.17) is 14.6 Å². The van der Waals surface area contributed by atoms with Gasteiger partial charge in [0.05, 0.1) is 12.3 Å². The lowest BCUT2D eigenvalue weighted by Crippen LogP contribution is -2.45. The second-order valence-corrected chi connectivity index (χ2v) is 7.92. The van der Waals surface area contributed by atoms with Gasteiger partial charge in [-0.15, -0.1) is 0 Å². The standard InChI is InChI=1S/C21H23NO5S/c1-13(2)22(19(23)17-10-9-14(3)12-26-17)16-11-18(15-7-5-4-6-8-15)28-20(16)27-21(24)25/h4-9,11,13,17H,10,12H2,1-3H3,(H,24,25). The summed E-state index contributed by atoms with van der Waals surface area (Å²) in [5.41, 5.74) is 2.47. The van der Waals surface area contributed by atoms with Crippen molar-refractivity contribution in [3.63, 3.8) is 0 Å². The number of carbonyl (C=O) groups excluding carboxylic acids is 1. The van der Waals surface area contributed by atoms with Gasteiger partial charge in [-0.05, 0) is 32.4 Å². The normalized spacial score (nSPS) is 16.6. The van der Waals surface area contributed by atoms with E-state index in [-0.39, 0.29) is 17.0 Å². The number of hydrogen-bond acceptors (Lipinski definition) is 5. The van der Waals surface area contributed by atoms with E-state index < -0.39 is 12.3 Å². The first-order valence-corrected chi connectivity index (χ1v) is 9.88. The zero-order chi connectivity index (χ0) is 20.3. The molecule has 2 heterocycles. The summed E-state index contributed by atoms with van der Waals surface area (Å²) in [6.07, 6.45) is 0.496. The van der Waals surface area contributed by atoms with E-state index in [1.165, 1.54) is 11.3 Å². The van der Waals surface area contributed by atoms with Crippen LogP contribution in [0.2, 0.25) is 0 Å². The number of nitrogens with zero attached hydrogens (tertiary/aromatic N) is 1. The molecule has 1 aromatic carbocycles. The van der Waals surface area contributed by atoms with Crippen LogP contribution in [0.4, 0.5) is 10.5 Å². The van der Waals surface area contributed by atoms with E-state index in [1.807, 2.05) is 57.2 Å². The third kappa shape index (κ3) is 4.43. The van der Waals surface area contributed by atoms with Gasteiger partial charge in [-0.25, -0.2) is 4.79 Å². The van der Waals surface area contributed by atoms with Crippen LogP contribution in [0.5, 0.6) is 5.06 Å². The minimum atomic E-state index is -1.41. The fourth-order valence-corrected chi connectivity index (χ4v) is 4.07. The van der Waals surface area contributed by atoms with E-state index in [0.29, 0.717) is 18.7 Å². The first-order chi connectivity index (χ1) is 13.4. The lowest BCUT2D eigenvalue weighted by atomic mass is 10.1. The molecule has 1 N–H and O–H groups in total. The summed E-state index contributed by atoms with van der Waals surface area (Å²) in [7, 11) is 0. The molecule has 6 nitrogen and oxygen atoms in total. The number of anilines is 1. The lowest BCUT2D eigenvalue weighted by molar-refractivity contribution is -0.130. The number of hydrogen-bond donors (Lipinski definition) is 1. The molecule has 0 bridgehead atoms. The molecule has 1 aliphatic heterocycles. The molecule has 1 atom stereocenters. The second-order valence-electron chi connectivity index (χ2n) is 6.91. The van der Waals surface area contributed by atoms with Crippen molar-refractivity contribution in [2.24, 2.45) is 0 Å². The smallest absolute Gasteiger partial charge is 0.449 e. The second kappa shape index (κ2) is 8.58. The molecule has 1 unspecified atom stereocenters. The Morgan fingerprint density at radius 2 is 2.00 bits per heavy atom. The Morgan fingerprint density at radius 3 is 2.57 bits per heavy atom. The Balaban J connectivity index is 2.00. The molecular formula is C21H23NO5S. The average Bonchev–Trinajstić information content (AvgIpc) is 3.05. The zero-order valence-electron chi connectivity index (χ0n) is 16.0. The average molecular weight is 401 g/mol. The summed E-state index contributed by atoms with van der Waals surface area (Å²) in [6.45, 7) is 6.14. The number of rotatable bonds is 5. The molecule has 0 aliphatic carbocycles. The highest BCUT2D eigenvalue weighted by atomic mass is 32.1. The molecule has 0 fully saturated rings. The Morgan fingerprint density at radius 1 is 1.29 bits per heavy atom. The van der Waals surface area contributed by atoms with Gasteiger partial charge in [-0.2, -0.15) is 0 Å². The summed E-state index contributed by atoms with van der Waals surface area (Å²) >= 11 is 1.20. The maximum atomic E-state index is 13.2. The third-order valence-electron chi connectivity index (χ3n) is 4.40. The van der Waals surface area contributed by atoms with Gasteiger partial charge in [-0.3, -0.25) is 4.79 Å². The molecule has 7 heteroatoms. The summed E-state index contributed by atoms with van der Waals surface area (Å²) in [5, 5.41) is 9.33. The first kappa shape index (κ1) is 20.1. The van der Waals surface area contributed by atoms with E-state index in [9.17, 15) is 9.59 Å². The van der Waals surface area contributed by atoms with Crippen molar-refractivity contribution in [3.05, 3.63) is 48.0 Å². The van der Waals surface area contributed by atoms with Crippen molar-refractivity contribution in [2.45, 2.75) is 39.3 Å². The monoisotopic (exact) mass is 401 g/mol. The van der Waals surface area contributed by atoms with Gasteiger partial charge in [0.2, 0.25) is 5.06 Å². The van der Waals surface area contributed by atoms with Gasteiger partial charge in [0, 0.05) is 17.3 Å². The predicted octanol–water partition coefficient (Wildman–Crippen LogP) is 4.95. The van der Waals surface area contributed by atoms with Crippen LogP contribution in [0, 0.1) is 0 Å². The molecule has 0 spiro atoms. The number of carbonyl (C=O) groups is 2. The van der Waals surface area contributed by atoms with Gasteiger partial charge in [0.15, 0.2) is 0 Å². The minimum Gasteiger partial charge on any atom is -0.449 e. The molecule has 3 rings (SSSR count). The van der Waals surface area contributed by atoms with Gasteiger partial charge in [0.1, 0.15) is 6.10 Å². The maximum absolute atomic E-state index is 13.2. The van der Waals surface area contributed by atoms with Crippen molar-refractivity contribution in [1.82, 2.24) is 0 Å². The molecule has 2 aromatic rings. The van der Waals surface area contributed by atoms with Gasteiger partial charge in [0.25, 0.3) is 5.91 Å². The topological polar surface area (TPSA) is 76.1 Å². The molecule has 28 heavy (non-hydrogen) atoms. The fraction of sp³-hybridized carbons (Fsp3) is 0.333. The van der Waals surface area contributed by atoms with E-state index in [2.05, 4.69) is 0 Å². The summed E-state index contributed by atoms with van der Waals surface area (Å²) in [6, 6.07) is 11.2. The van der Waals surface area contributed by atoms with Crippen LogP contribution >= 0.6 is 11.3 Å². The number of carboxylic acid groups (broad SMARTS) is 1. The van der Waals surface area contributed by atoms with Crippen LogP contribution in [-0.4, -0.2) is 35.9 Å². The number of ether oxygens (including phenoxy) is 2. The minimum absolute atomic E-state index is 0.177. The highest BCUT2D eigenvalue weighted by Gasteiger charge is 2.32. The van der Waals surface area contributed by atoms with Crippen molar-refractivity contribution in [3.8, 4) is 15.5 Å². The molecule has 1 amide bonds. The van der Waals surface area contributed by atoms with Crippen LogP contribution in [-0.2, 0) is 9.53 Å². The van der Waals surface area contributed by atoms with Crippen molar-refractivity contribution in [1.29, 1.82) is 0 Å². The van der Waals surface area contributed by atoms with Crippen LogP contribution in [0.1, 0.15) is 27.2 Å². The molecule has 0 saturated heterocycles. The van der Waals surface area contributed by atoms with Crippen LogP contribution in [0.25, 0.3) is 10.4 Å². The van der Waals surface area contributed by atoms with E-state index in [0.717, 1.165) is 16.0 Å². The Hall–Kier alpha value is -2.64. The molecule has 0 saturated carbocycles. The van der Waals surface area contributed by atoms with Crippen LogP contribution in [0.15, 0.2) is 48.0 Å². The van der Waals surface area contributed by atoms with Crippen LogP contribution in [0.3, 0.4) is 0 Å². The number of benzene rings is 1. The zero-order valence-corrected chi connectivity index (χ0v) is 16.9. The number of thiophene rings is 1. The molecular weight excluding hydrogens is 378 g/mol. The summed E-state index contributed by atoms with van der Waals surface area (Å²) in [5.74, 6) is -0.202. The SMILES string of the molecule is CC1=CCC(C(=O)N(c2cc(-c3ccccc3)sc2OC(=O)O)C(C)C)OC1. The number of amides is 1. The lowest BCUT2D eigenvalue weighted by Gasteiger charge is -2.31. The van der Waals surface area contributed by atoms with E-state index >= 15 is 0 Å². The highest BCUT2D eigenvalue weighted by Crippen LogP contribution is 2.44. The Kier molecular flexibility index (Phi) is 6.16. The summed E-state index contributed by atoms with van der Waals surface area (Å²) < 4.78 is 10.7. The quantitative estimate of drug-likeness (QED) is 0.567. The third-order valence-corrected chi connectivity index (χ3v) is 5.45. The molecule has 1 aliphatic rings. The van der Waals surface area contributed by atoms with Crippen molar-refractivity contribution >= 4 is 29.1 Å².